The number of amides is 2. The summed E-state index contributed by atoms with van der Waals surface area (Å²) in [7, 11) is 0. The van der Waals surface area contributed by atoms with Crippen LogP contribution < -0.4 is 4.74 Å². The van der Waals surface area contributed by atoms with Gasteiger partial charge in [-0.1, -0.05) is 0 Å². The lowest BCUT2D eigenvalue weighted by atomic mass is 9.94. The molecule has 3 heterocycles. The molecule has 24 heavy (non-hydrogen) atoms. The average molecular weight is 332 g/mol. The van der Waals surface area contributed by atoms with Gasteiger partial charge in [0, 0.05) is 44.7 Å². The maximum atomic E-state index is 12.8. The standard InChI is InChI=1S/C17H24N4O3/c1-13(22)20-10-6-14(7-11-20)17(23)21-9-3-4-15(12-21)24-16-5-2-8-18-19-16/h2,5,8,14-15H,3-4,6-7,9-12H2,1H3/t15-/m0/s1. The smallest absolute Gasteiger partial charge is 0.233 e. The number of rotatable bonds is 3. The van der Waals surface area contributed by atoms with E-state index in [9.17, 15) is 9.59 Å². The Morgan fingerprint density at radius 3 is 2.62 bits per heavy atom. The lowest BCUT2D eigenvalue weighted by Gasteiger charge is -2.37. The lowest BCUT2D eigenvalue weighted by molar-refractivity contribution is -0.142. The van der Waals surface area contributed by atoms with E-state index in [-0.39, 0.29) is 23.8 Å². The maximum Gasteiger partial charge on any atom is 0.233 e. The molecule has 2 saturated heterocycles. The molecule has 0 saturated carbocycles. The molecule has 0 bridgehead atoms. The zero-order valence-electron chi connectivity index (χ0n) is 14.1. The van der Waals surface area contributed by atoms with Crippen LogP contribution in [0.5, 0.6) is 5.88 Å². The van der Waals surface area contributed by atoms with Crippen molar-refractivity contribution < 1.29 is 14.3 Å². The molecule has 7 heteroatoms. The second kappa shape index (κ2) is 7.59. The molecule has 0 aromatic carbocycles. The summed E-state index contributed by atoms with van der Waals surface area (Å²) < 4.78 is 5.85. The molecule has 1 aromatic rings. The van der Waals surface area contributed by atoms with Crippen LogP contribution in [0.4, 0.5) is 0 Å². The van der Waals surface area contributed by atoms with E-state index in [2.05, 4.69) is 10.2 Å². The molecule has 0 spiro atoms. The Morgan fingerprint density at radius 2 is 1.96 bits per heavy atom. The van der Waals surface area contributed by atoms with Gasteiger partial charge in [0.05, 0.1) is 6.54 Å². The van der Waals surface area contributed by atoms with Gasteiger partial charge in [-0.15, -0.1) is 5.10 Å². The predicted molar refractivity (Wildman–Crippen MR) is 87.2 cm³/mol. The van der Waals surface area contributed by atoms with Crippen molar-refractivity contribution in [2.75, 3.05) is 26.2 Å². The van der Waals surface area contributed by atoms with Crippen molar-refractivity contribution in [3.63, 3.8) is 0 Å². The SMILES string of the molecule is CC(=O)N1CCC(C(=O)N2CCC[C@H](Oc3cccnn3)C2)CC1. The maximum absolute atomic E-state index is 12.8. The van der Waals surface area contributed by atoms with Crippen LogP contribution in [-0.2, 0) is 9.59 Å². The zero-order valence-corrected chi connectivity index (χ0v) is 14.1. The number of carbonyl (C=O) groups excluding carboxylic acids is 2. The van der Waals surface area contributed by atoms with Gasteiger partial charge in [-0.25, -0.2) is 0 Å². The average Bonchev–Trinajstić information content (AvgIpc) is 2.62. The molecule has 3 rings (SSSR count). The second-order valence-electron chi connectivity index (χ2n) is 6.51. The number of hydrogen-bond acceptors (Lipinski definition) is 5. The van der Waals surface area contributed by atoms with Crippen LogP contribution in [0.25, 0.3) is 0 Å². The van der Waals surface area contributed by atoms with E-state index in [4.69, 9.17) is 4.74 Å². The first-order valence-corrected chi connectivity index (χ1v) is 8.62. The molecule has 7 nitrogen and oxygen atoms in total. The Kier molecular flexibility index (Phi) is 5.27. The zero-order chi connectivity index (χ0) is 16.9. The van der Waals surface area contributed by atoms with Crippen LogP contribution >= 0.6 is 0 Å². The van der Waals surface area contributed by atoms with E-state index in [0.29, 0.717) is 25.5 Å². The van der Waals surface area contributed by atoms with Crippen molar-refractivity contribution in [2.24, 2.45) is 5.92 Å². The molecule has 0 radical (unpaired) electrons. The molecular formula is C17H24N4O3. The minimum atomic E-state index is -0.0308. The van der Waals surface area contributed by atoms with Gasteiger partial charge in [-0.05, 0) is 31.7 Å². The van der Waals surface area contributed by atoms with Crippen molar-refractivity contribution in [3.05, 3.63) is 18.3 Å². The van der Waals surface area contributed by atoms with Crippen LogP contribution in [0.15, 0.2) is 18.3 Å². The highest BCUT2D eigenvalue weighted by Crippen LogP contribution is 2.23. The van der Waals surface area contributed by atoms with Crippen molar-refractivity contribution in [1.29, 1.82) is 0 Å². The molecule has 130 valence electrons. The Labute approximate surface area is 142 Å². The second-order valence-corrected chi connectivity index (χ2v) is 6.51. The van der Waals surface area contributed by atoms with Gasteiger partial charge in [-0.3, -0.25) is 9.59 Å². The lowest BCUT2D eigenvalue weighted by Crippen LogP contribution is -2.49. The molecule has 2 aliphatic heterocycles. The van der Waals surface area contributed by atoms with E-state index >= 15 is 0 Å². The normalized spacial score (nSPS) is 22.3. The van der Waals surface area contributed by atoms with Crippen molar-refractivity contribution in [1.82, 2.24) is 20.0 Å². The predicted octanol–water partition coefficient (Wildman–Crippen LogP) is 1.10. The van der Waals surface area contributed by atoms with Gasteiger partial charge in [0.15, 0.2) is 0 Å². The molecule has 2 amide bonds. The summed E-state index contributed by atoms with van der Waals surface area (Å²) in [5.41, 5.74) is 0. The number of ether oxygens (including phenoxy) is 1. The van der Waals surface area contributed by atoms with E-state index in [0.717, 1.165) is 32.2 Å². The molecular weight excluding hydrogens is 308 g/mol. The summed E-state index contributed by atoms with van der Waals surface area (Å²) >= 11 is 0. The summed E-state index contributed by atoms with van der Waals surface area (Å²) in [5, 5.41) is 7.76. The molecule has 0 N–H and O–H groups in total. The first kappa shape index (κ1) is 16.7. The van der Waals surface area contributed by atoms with Crippen molar-refractivity contribution in [2.45, 2.75) is 38.7 Å². The fourth-order valence-electron chi connectivity index (χ4n) is 3.46. The highest BCUT2D eigenvalue weighted by atomic mass is 16.5. The van der Waals surface area contributed by atoms with Gasteiger partial charge in [0.2, 0.25) is 17.7 Å². The van der Waals surface area contributed by atoms with Gasteiger partial charge in [-0.2, -0.15) is 5.10 Å². The number of aromatic nitrogens is 2. The van der Waals surface area contributed by atoms with Crippen LogP contribution in [0, 0.1) is 5.92 Å². The number of carbonyl (C=O) groups is 2. The largest absolute Gasteiger partial charge is 0.471 e. The summed E-state index contributed by atoms with van der Waals surface area (Å²) in [5.74, 6) is 0.824. The van der Waals surface area contributed by atoms with Crippen LogP contribution in [0.1, 0.15) is 32.6 Å². The highest BCUT2D eigenvalue weighted by Gasteiger charge is 2.32. The minimum Gasteiger partial charge on any atom is -0.471 e. The highest BCUT2D eigenvalue weighted by molar-refractivity contribution is 5.80. The molecule has 2 aliphatic rings. The molecule has 0 unspecified atom stereocenters. The third-order valence-corrected chi connectivity index (χ3v) is 4.81. The van der Waals surface area contributed by atoms with Crippen molar-refractivity contribution in [3.8, 4) is 5.88 Å². The van der Waals surface area contributed by atoms with Gasteiger partial charge in [0.25, 0.3) is 0 Å². The van der Waals surface area contributed by atoms with Crippen LogP contribution in [0.2, 0.25) is 0 Å². The van der Waals surface area contributed by atoms with Crippen LogP contribution in [-0.4, -0.2) is 64.1 Å². The monoisotopic (exact) mass is 332 g/mol. The van der Waals surface area contributed by atoms with Gasteiger partial charge >= 0.3 is 0 Å². The molecule has 0 aliphatic carbocycles. The van der Waals surface area contributed by atoms with Gasteiger partial charge < -0.3 is 14.5 Å². The molecule has 1 aromatic heterocycles. The number of hydrogen-bond donors (Lipinski definition) is 0. The quantitative estimate of drug-likeness (QED) is 0.829. The number of nitrogens with zero attached hydrogens (tertiary/aromatic N) is 4. The third kappa shape index (κ3) is 4.01. The van der Waals surface area contributed by atoms with E-state index in [1.165, 1.54) is 0 Å². The number of likely N-dealkylation sites (tertiary alicyclic amines) is 2. The fraction of sp³-hybridized carbons (Fsp3) is 0.647. The van der Waals surface area contributed by atoms with E-state index in [1.807, 2.05) is 9.80 Å². The summed E-state index contributed by atoms with van der Waals surface area (Å²) in [6.45, 7) is 4.33. The van der Waals surface area contributed by atoms with Crippen molar-refractivity contribution >= 4 is 11.8 Å². The van der Waals surface area contributed by atoms with E-state index in [1.54, 1.807) is 25.3 Å². The first-order valence-electron chi connectivity index (χ1n) is 8.62. The Balaban J connectivity index is 1.53. The summed E-state index contributed by atoms with van der Waals surface area (Å²) in [6.07, 6.45) is 4.94. The Hall–Kier alpha value is -2.18. The summed E-state index contributed by atoms with van der Waals surface area (Å²) in [4.78, 5) is 27.9. The number of piperidine rings is 2. The topological polar surface area (TPSA) is 75.6 Å². The minimum absolute atomic E-state index is 0.0240. The fourth-order valence-corrected chi connectivity index (χ4v) is 3.46. The summed E-state index contributed by atoms with van der Waals surface area (Å²) in [6, 6.07) is 3.57. The first-order chi connectivity index (χ1) is 11.6. The molecule has 2 fully saturated rings. The third-order valence-electron chi connectivity index (χ3n) is 4.81. The van der Waals surface area contributed by atoms with E-state index < -0.39 is 0 Å². The Bertz CT molecular complexity index is 572. The van der Waals surface area contributed by atoms with Crippen LogP contribution in [0.3, 0.4) is 0 Å². The molecule has 1 atom stereocenters. The van der Waals surface area contributed by atoms with Gasteiger partial charge in [0.1, 0.15) is 6.10 Å². The Morgan fingerprint density at radius 1 is 1.17 bits per heavy atom.